The number of anilines is 2. The first-order valence-corrected chi connectivity index (χ1v) is 10.3. The molecular formula is C24H24N4O3. The lowest BCUT2D eigenvalue weighted by molar-refractivity contribution is -0.384. The van der Waals surface area contributed by atoms with Crippen molar-refractivity contribution in [3.8, 4) is 0 Å². The third-order valence-electron chi connectivity index (χ3n) is 5.46. The second kappa shape index (κ2) is 9.30. The van der Waals surface area contributed by atoms with E-state index in [1.165, 1.54) is 6.07 Å². The highest BCUT2D eigenvalue weighted by atomic mass is 16.6. The Morgan fingerprint density at radius 2 is 1.55 bits per heavy atom. The average molecular weight is 416 g/mol. The average Bonchev–Trinajstić information content (AvgIpc) is 2.83. The van der Waals surface area contributed by atoms with Gasteiger partial charge < -0.3 is 15.1 Å². The van der Waals surface area contributed by atoms with E-state index >= 15 is 0 Å². The van der Waals surface area contributed by atoms with E-state index < -0.39 is 4.92 Å². The number of hydrogen-bond acceptors (Lipinski definition) is 5. The number of amides is 1. The van der Waals surface area contributed by atoms with E-state index in [2.05, 4.69) is 22.3 Å². The lowest BCUT2D eigenvalue weighted by Crippen LogP contribution is -2.48. The van der Waals surface area contributed by atoms with Crippen molar-refractivity contribution in [3.05, 3.63) is 100 Å². The van der Waals surface area contributed by atoms with Crippen LogP contribution in [0, 0.1) is 10.1 Å². The first kappa shape index (κ1) is 20.4. The molecule has 0 atom stereocenters. The van der Waals surface area contributed by atoms with Crippen molar-refractivity contribution in [2.75, 3.05) is 36.4 Å². The topological polar surface area (TPSA) is 78.7 Å². The van der Waals surface area contributed by atoms with Crippen LogP contribution in [0.5, 0.6) is 0 Å². The zero-order valence-electron chi connectivity index (χ0n) is 17.1. The second-order valence-corrected chi connectivity index (χ2v) is 7.44. The minimum Gasteiger partial charge on any atom is -0.375 e. The van der Waals surface area contributed by atoms with Crippen LogP contribution in [0.2, 0.25) is 0 Å². The second-order valence-electron chi connectivity index (χ2n) is 7.44. The Labute approximate surface area is 181 Å². The molecule has 1 saturated heterocycles. The lowest BCUT2D eigenvalue weighted by Gasteiger charge is -2.36. The Bertz CT molecular complexity index is 1050. The lowest BCUT2D eigenvalue weighted by atomic mass is 10.1. The molecule has 158 valence electrons. The van der Waals surface area contributed by atoms with Gasteiger partial charge in [-0.1, -0.05) is 48.5 Å². The largest absolute Gasteiger partial charge is 0.375 e. The predicted octanol–water partition coefficient (Wildman–Crippen LogP) is 4.17. The summed E-state index contributed by atoms with van der Waals surface area (Å²) in [7, 11) is 0. The van der Waals surface area contributed by atoms with E-state index in [0.717, 1.165) is 24.3 Å². The predicted molar refractivity (Wildman–Crippen MR) is 121 cm³/mol. The van der Waals surface area contributed by atoms with Gasteiger partial charge in [-0.25, -0.2) is 0 Å². The number of nitro benzene ring substituents is 1. The number of benzene rings is 3. The van der Waals surface area contributed by atoms with Crippen LogP contribution in [0.15, 0.2) is 78.9 Å². The van der Waals surface area contributed by atoms with Gasteiger partial charge in [0.15, 0.2) is 0 Å². The molecule has 1 amide bonds. The zero-order valence-corrected chi connectivity index (χ0v) is 17.1. The maximum absolute atomic E-state index is 13.0. The Kier molecular flexibility index (Phi) is 6.12. The first-order chi connectivity index (χ1) is 15.1. The molecule has 1 aliphatic heterocycles. The number of rotatable bonds is 6. The van der Waals surface area contributed by atoms with Crippen molar-refractivity contribution >= 4 is 23.0 Å². The van der Waals surface area contributed by atoms with Gasteiger partial charge in [-0.15, -0.1) is 0 Å². The van der Waals surface area contributed by atoms with Crippen LogP contribution in [0.4, 0.5) is 17.1 Å². The molecule has 0 radical (unpaired) electrons. The molecule has 0 bridgehead atoms. The quantitative estimate of drug-likeness (QED) is 0.482. The molecule has 3 aromatic carbocycles. The molecule has 7 heteroatoms. The fraction of sp³-hybridized carbons (Fsp3) is 0.208. The van der Waals surface area contributed by atoms with Crippen LogP contribution in [0.1, 0.15) is 15.9 Å². The molecule has 7 nitrogen and oxygen atoms in total. The number of piperazine rings is 1. The summed E-state index contributed by atoms with van der Waals surface area (Å²) in [5, 5.41) is 14.7. The maximum Gasteiger partial charge on any atom is 0.293 e. The number of nitrogens with one attached hydrogen (secondary N) is 1. The Morgan fingerprint density at radius 1 is 0.903 bits per heavy atom. The van der Waals surface area contributed by atoms with Gasteiger partial charge in [0.1, 0.15) is 5.69 Å². The van der Waals surface area contributed by atoms with Gasteiger partial charge in [0.2, 0.25) is 0 Å². The van der Waals surface area contributed by atoms with Crippen molar-refractivity contribution in [1.29, 1.82) is 0 Å². The molecule has 1 heterocycles. The van der Waals surface area contributed by atoms with Crippen molar-refractivity contribution in [2.45, 2.75) is 6.54 Å². The summed E-state index contributed by atoms with van der Waals surface area (Å²) in [5.74, 6) is -0.176. The maximum atomic E-state index is 13.0. The third-order valence-corrected chi connectivity index (χ3v) is 5.46. The summed E-state index contributed by atoms with van der Waals surface area (Å²) in [6, 6.07) is 24.4. The fourth-order valence-corrected chi connectivity index (χ4v) is 3.75. The molecule has 3 aromatic rings. The smallest absolute Gasteiger partial charge is 0.293 e. The van der Waals surface area contributed by atoms with E-state index in [9.17, 15) is 14.9 Å². The van der Waals surface area contributed by atoms with Gasteiger partial charge >= 0.3 is 0 Å². The normalized spacial score (nSPS) is 13.7. The van der Waals surface area contributed by atoms with Crippen LogP contribution in [-0.2, 0) is 6.54 Å². The van der Waals surface area contributed by atoms with Gasteiger partial charge in [-0.3, -0.25) is 14.9 Å². The number of carbonyl (C=O) groups excluding carboxylic acids is 1. The van der Waals surface area contributed by atoms with Crippen molar-refractivity contribution in [2.24, 2.45) is 0 Å². The Morgan fingerprint density at radius 3 is 2.19 bits per heavy atom. The summed E-state index contributed by atoms with van der Waals surface area (Å²) in [6.07, 6.45) is 0. The molecule has 1 aliphatic rings. The number of nitro groups is 1. The first-order valence-electron chi connectivity index (χ1n) is 10.3. The fourth-order valence-electron chi connectivity index (χ4n) is 3.75. The summed E-state index contributed by atoms with van der Waals surface area (Å²) in [4.78, 5) is 28.1. The van der Waals surface area contributed by atoms with Gasteiger partial charge in [0.25, 0.3) is 11.6 Å². The van der Waals surface area contributed by atoms with Gasteiger partial charge in [-0.2, -0.15) is 0 Å². The molecule has 0 unspecified atom stereocenters. The van der Waals surface area contributed by atoms with E-state index in [4.69, 9.17) is 0 Å². The number of carbonyl (C=O) groups is 1. The molecule has 1 fully saturated rings. The highest BCUT2D eigenvalue weighted by Gasteiger charge is 2.24. The SMILES string of the molecule is O=C(c1ccc(NCc2ccccc2)c([N+](=O)[O-])c1)N1CCN(c2ccccc2)CC1. The Hall–Kier alpha value is -3.87. The standard InChI is InChI=1S/C24H24N4O3/c29-24(27-15-13-26(14-16-27)21-9-5-2-6-10-21)20-11-12-22(23(17-20)28(30)31)25-18-19-7-3-1-4-8-19/h1-12,17,25H,13-16,18H2. The van der Waals surface area contributed by atoms with Crippen molar-refractivity contribution in [1.82, 2.24) is 4.90 Å². The molecule has 0 aromatic heterocycles. The third kappa shape index (κ3) is 4.83. The van der Waals surface area contributed by atoms with E-state index in [0.29, 0.717) is 30.9 Å². The minimum atomic E-state index is -0.447. The van der Waals surface area contributed by atoms with Crippen molar-refractivity contribution in [3.63, 3.8) is 0 Å². The molecule has 1 N–H and O–H groups in total. The van der Waals surface area contributed by atoms with E-state index in [-0.39, 0.29) is 11.6 Å². The molecule has 0 aliphatic carbocycles. The van der Waals surface area contributed by atoms with Crippen LogP contribution < -0.4 is 10.2 Å². The molecule has 4 rings (SSSR count). The van der Waals surface area contributed by atoms with Crippen molar-refractivity contribution < 1.29 is 9.72 Å². The number of hydrogen-bond donors (Lipinski definition) is 1. The van der Waals surface area contributed by atoms with E-state index in [1.54, 1.807) is 17.0 Å². The van der Waals surface area contributed by atoms with Crippen LogP contribution in [0.3, 0.4) is 0 Å². The summed E-state index contributed by atoms with van der Waals surface area (Å²) in [6.45, 7) is 3.09. The molecule has 0 saturated carbocycles. The van der Waals surface area contributed by atoms with Crippen LogP contribution in [-0.4, -0.2) is 41.9 Å². The summed E-state index contributed by atoms with van der Waals surface area (Å²) in [5.41, 5.74) is 2.81. The van der Waals surface area contributed by atoms with Gasteiger partial charge in [0, 0.05) is 50.0 Å². The highest BCUT2D eigenvalue weighted by Crippen LogP contribution is 2.27. The molecular weight excluding hydrogens is 392 g/mol. The van der Waals surface area contributed by atoms with E-state index in [1.807, 2.05) is 48.5 Å². The van der Waals surface area contributed by atoms with Crippen LogP contribution >= 0.6 is 0 Å². The number of para-hydroxylation sites is 1. The number of nitrogens with zero attached hydrogens (tertiary/aromatic N) is 3. The van der Waals surface area contributed by atoms with Crippen LogP contribution in [0.25, 0.3) is 0 Å². The minimum absolute atomic E-state index is 0.0929. The highest BCUT2D eigenvalue weighted by molar-refractivity contribution is 5.96. The summed E-state index contributed by atoms with van der Waals surface area (Å²) < 4.78 is 0. The Balaban J connectivity index is 1.43. The zero-order chi connectivity index (χ0) is 21.6. The molecule has 31 heavy (non-hydrogen) atoms. The van der Waals surface area contributed by atoms with Gasteiger partial charge in [0.05, 0.1) is 4.92 Å². The summed E-state index contributed by atoms with van der Waals surface area (Å²) >= 11 is 0. The molecule has 0 spiro atoms. The monoisotopic (exact) mass is 416 g/mol. The van der Waals surface area contributed by atoms with Gasteiger partial charge in [-0.05, 0) is 29.8 Å².